The maximum Gasteiger partial charge on any atom is 0.322 e. The van der Waals surface area contributed by atoms with Gasteiger partial charge in [0.15, 0.2) is 5.65 Å². The number of fused-ring (bicyclic) bond motifs is 1. The van der Waals surface area contributed by atoms with Gasteiger partial charge < -0.3 is 20.1 Å². The van der Waals surface area contributed by atoms with Crippen LogP contribution in [0, 0.1) is 0 Å². The van der Waals surface area contributed by atoms with E-state index in [1.165, 1.54) is 0 Å². The lowest BCUT2D eigenvalue weighted by Gasteiger charge is -2.21. The van der Waals surface area contributed by atoms with Crippen molar-refractivity contribution in [3.05, 3.63) is 53.9 Å². The highest BCUT2D eigenvalue weighted by Crippen LogP contribution is 2.26. The van der Waals surface area contributed by atoms with Crippen molar-refractivity contribution in [2.75, 3.05) is 19.0 Å². The number of aromatic nitrogens is 4. The van der Waals surface area contributed by atoms with Crippen LogP contribution in [-0.4, -0.2) is 39.3 Å². The lowest BCUT2D eigenvalue weighted by molar-refractivity contribution is 0.184. The molecule has 3 aromatic rings. The molecule has 1 aliphatic rings. The van der Waals surface area contributed by atoms with Gasteiger partial charge >= 0.3 is 6.01 Å². The molecule has 1 unspecified atom stereocenters. The van der Waals surface area contributed by atoms with Crippen molar-refractivity contribution in [1.29, 1.82) is 0 Å². The minimum Gasteiger partial charge on any atom is -0.497 e. The molecular formula is C22H28N6O2. The van der Waals surface area contributed by atoms with Crippen molar-refractivity contribution in [2.24, 2.45) is 0 Å². The third-order valence-electron chi connectivity index (χ3n) is 5.19. The molecule has 2 atom stereocenters. The van der Waals surface area contributed by atoms with E-state index in [2.05, 4.69) is 58.6 Å². The van der Waals surface area contributed by atoms with E-state index >= 15 is 0 Å². The monoisotopic (exact) mass is 408 g/mol. The molecule has 0 aliphatic carbocycles. The molecule has 4 rings (SSSR count). The molecule has 0 radical (unpaired) electrons. The average Bonchev–Trinajstić information content (AvgIpc) is 3.19. The van der Waals surface area contributed by atoms with Gasteiger partial charge in [0.2, 0.25) is 5.95 Å². The van der Waals surface area contributed by atoms with Gasteiger partial charge in [0, 0.05) is 12.0 Å². The lowest BCUT2D eigenvalue weighted by atomic mass is 10.1. The molecule has 3 heterocycles. The highest BCUT2D eigenvalue weighted by atomic mass is 16.5. The first-order valence-corrected chi connectivity index (χ1v) is 10.3. The average molecular weight is 409 g/mol. The van der Waals surface area contributed by atoms with Crippen molar-refractivity contribution in [3.8, 4) is 11.8 Å². The number of hydrogen-bond acceptors (Lipinski definition) is 7. The van der Waals surface area contributed by atoms with E-state index in [1.54, 1.807) is 11.6 Å². The first kappa shape index (κ1) is 20.0. The van der Waals surface area contributed by atoms with Gasteiger partial charge in [0.05, 0.1) is 25.9 Å². The Kier molecular flexibility index (Phi) is 5.74. The van der Waals surface area contributed by atoms with Gasteiger partial charge in [-0.1, -0.05) is 32.1 Å². The summed E-state index contributed by atoms with van der Waals surface area (Å²) in [4.78, 5) is 9.32. The Balaban J connectivity index is 1.68. The van der Waals surface area contributed by atoms with Gasteiger partial charge in [-0.2, -0.15) is 19.6 Å². The molecule has 0 spiro atoms. The number of benzene rings is 1. The summed E-state index contributed by atoms with van der Waals surface area (Å²) in [6.45, 7) is 7.05. The van der Waals surface area contributed by atoms with E-state index in [4.69, 9.17) is 9.47 Å². The summed E-state index contributed by atoms with van der Waals surface area (Å²) in [6, 6.07) is 8.31. The first-order chi connectivity index (χ1) is 14.5. The fourth-order valence-corrected chi connectivity index (χ4v) is 3.44. The van der Waals surface area contributed by atoms with Gasteiger partial charge in [-0.3, -0.25) is 0 Å². The van der Waals surface area contributed by atoms with Crippen molar-refractivity contribution in [1.82, 2.24) is 24.9 Å². The molecular weight excluding hydrogens is 380 g/mol. The molecule has 1 aromatic carbocycles. The zero-order chi connectivity index (χ0) is 21.1. The lowest BCUT2D eigenvalue weighted by Crippen LogP contribution is -2.32. The number of rotatable bonds is 7. The van der Waals surface area contributed by atoms with Crippen molar-refractivity contribution in [2.45, 2.75) is 45.3 Å². The molecule has 0 fully saturated rings. The summed E-state index contributed by atoms with van der Waals surface area (Å²) in [5, 5.41) is 11.2. The Labute approximate surface area is 176 Å². The van der Waals surface area contributed by atoms with Crippen LogP contribution >= 0.6 is 0 Å². The van der Waals surface area contributed by atoms with E-state index in [1.807, 2.05) is 30.6 Å². The van der Waals surface area contributed by atoms with Gasteiger partial charge in [0.1, 0.15) is 11.9 Å². The van der Waals surface area contributed by atoms with Crippen LogP contribution in [0.4, 0.5) is 5.95 Å². The fraction of sp³-hybridized carbons (Fsp3) is 0.409. The smallest absolute Gasteiger partial charge is 0.322 e. The maximum atomic E-state index is 6.09. The normalized spacial score (nSPS) is 17.0. The van der Waals surface area contributed by atoms with E-state index in [0.717, 1.165) is 35.5 Å². The van der Waals surface area contributed by atoms with Crippen molar-refractivity contribution >= 4 is 11.6 Å². The van der Waals surface area contributed by atoms with Crippen LogP contribution in [0.15, 0.2) is 42.7 Å². The summed E-state index contributed by atoms with van der Waals surface area (Å²) in [6.07, 6.45) is 6.66. The third kappa shape index (κ3) is 4.17. The number of nitrogens with zero attached hydrogens (tertiary/aromatic N) is 4. The van der Waals surface area contributed by atoms with Crippen molar-refractivity contribution < 1.29 is 9.47 Å². The Morgan fingerprint density at radius 1 is 1.23 bits per heavy atom. The highest BCUT2D eigenvalue weighted by molar-refractivity contribution is 5.53. The fourth-order valence-electron chi connectivity index (χ4n) is 3.44. The summed E-state index contributed by atoms with van der Waals surface area (Å²) in [5.41, 5.74) is 2.90. The van der Waals surface area contributed by atoms with Crippen LogP contribution < -0.4 is 20.1 Å². The Hall–Kier alpha value is -3.29. The zero-order valence-electron chi connectivity index (χ0n) is 17.8. The summed E-state index contributed by atoms with van der Waals surface area (Å²) in [7, 11) is 1.67. The van der Waals surface area contributed by atoms with E-state index in [-0.39, 0.29) is 18.1 Å². The second kappa shape index (κ2) is 8.61. The molecule has 0 amide bonds. The molecule has 1 aliphatic heterocycles. The number of anilines is 1. The van der Waals surface area contributed by atoms with Crippen LogP contribution in [-0.2, 0) is 0 Å². The standard InChI is InChI=1S/C22H28N6O2/c1-14(2)19-13-24-28-20(19)26-22(30-18-9-6-10-23-12-18)27-21(28)25-15(3)16-7-5-8-17(11-16)29-4/h5-8,10-11,13-15,18,23H,9,12H2,1-4H3,(H,25,26,27)/t15-,18?/m0/s1. The summed E-state index contributed by atoms with van der Waals surface area (Å²) < 4.78 is 13.2. The van der Waals surface area contributed by atoms with Gasteiger partial charge in [-0.15, -0.1) is 0 Å². The van der Waals surface area contributed by atoms with Gasteiger partial charge in [-0.25, -0.2) is 0 Å². The first-order valence-electron chi connectivity index (χ1n) is 10.3. The van der Waals surface area contributed by atoms with Crippen LogP contribution in [0.5, 0.6) is 11.8 Å². The Morgan fingerprint density at radius 2 is 2.10 bits per heavy atom. The molecule has 0 bridgehead atoms. The Bertz CT molecular complexity index is 1050. The number of hydrogen-bond donors (Lipinski definition) is 2. The van der Waals surface area contributed by atoms with Crippen LogP contribution in [0.2, 0.25) is 0 Å². The van der Waals surface area contributed by atoms with Gasteiger partial charge in [-0.05, 0) is 36.7 Å². The predicted octanol–water partition coefficient (Wildman–Crippen LogP) is 3.68. The molecule has 30 heavy (non-hydrogen) atoms. The minimum atomic E-state index is -0.0166. The molecule has 158 valence electrons. The molecule has 0 saturated carbocycles. The second-order valence-electron chi connectivity index (χ2n) is 7.75. The molecule has 2 N–H and O–H groups in total. The quantitative estimate of drug-likeness (QED) is 0.617. The zero-order valence-corrected chi connectivity index (χ0v) is 17.8. The second-order valence-corrected chi connectivity index (χ2v) is 7.75. The van der Waals surface area contributed by atoms with Crippen LogP contribution in [0.25, 0.3) is 5.65 Å². The maximum absolute atomic E-state index is 6.09. The number of methoxy groups -OCH3 is 1. The minimum absolute atomic E-state index is 0.00784. The number of ether oxygens (including phenoxy) is 2. The van der Waals surface area contributed by atoms with Crippen molar-refractivity contribution in [3.63, 3.8) is 0 Å². The molecule has 0 saturated heterocycles. The predicted molar refractivity (Wildman–Crippen MR) is 116 cm³/mol. The molecule has 8 heteroatoms. The van der Waals surface area contributed by atoms with E-state index < -0.39 is 0 Å². The number of nitrogens with one attached hydrogen (secondary N) is 2. The van der Waals surface area contributed by atoms with Crippen LogP contribution in [0.3, 0.4) is 0 Å². The summed E-state index contributed by atoms with van der Waals surface area (Å²) >= 11 is 0. The highest BCUT2D eigenvalue weighted by Gasteiger charge is 2.20. The summed E-state index contributed by atoms with van der Waals surface area (Å²) in [5.74, 6) is 1.70. The van der Waals surface area contributed by atoms with Gasteiger partial charge in [0.25, 0.3) is 0 Å². The van der Waals surface area contributed by atoms with E-state index in [9.17, 15) is 0 Å². The SMILES string of the molecule is COc1cccc([C@H](C)Nc2nc(OC3CC=CNC3)nc3c(C(C)C)cnn23)c1. The molecule has 2 aromatic heterocycles. The van der Waals surface area contributed by atoms with E-state index in [0.29, 0.717) is 12.0 Å². The topological polar surface area (TPSA) is 85.6 Å². The molecule has 8 nitrogen and oxygen atoms in total. The third-order valence-corrected chi connectivity index (χ3v) is 5.19. The van der Waals surface area contributed by atoms with Crippen LogP contribution in [0.1, 0.15) is 50.3 Å². The largest absolute Gasteiger partial charge is 0.497 e. The Morgan fingerprint density at radius 3 is 2.83 bits per heavy atom.